The van der Waals surface area contributed by atoms with Crippen LogP contribution < -0.4 is 15.5 Å². The number of carbonyl (C=O) groups excluding carboxylic acids is 2. The highest BCUT2D eigenvalue weighted by molar-refractivity contribution is 6.10. The van der Waals surface area contributed by atoms with Gasteiger partial charge in [-0.1, -0.05) is 42.5 Å². The van der Waals surface area contributed by atoms with E-state index in [1.54, 1.807) is 36.4 Å². The van der Waals surface area contributed by atoms with Crippen molar-refractivity contribution < 1.29 is 18.9 Å². The number of benzene rings is 3. The summed E-state index contributed by atoms with van der Waals surface area (Å²) in [4.78, 5) is 26.7. The van der Waals surface area contributed by atoms with E-state index in [-0.39, 0.29) is 24.2 Å². The Kier molecular flexibility index (Phi) is 6.38. The maximum atomic E-state index is 13.2. The fourth-order valence-electron chi connectivity index (χ4n) is 3.62. The van der Waals surface area contributed by atoms with Crippen molar-refractivity contribution in [1.82, 2.24) is 0 Å². The second-order valence-electron chi connectivity index (χ2n) is 7.83. The maximum absolute atomic E-state index is 13.2. The fraction of sp³-hybridized carbons (Fsp3) is 0.200. The highest BCUT2D eigenvalue weighted by Gasteiger charge is 2.34. The standard InChI is InChI=1S/C25H24FN3O2/c26-19-12-10-18(11-13-19)16-29(21-14-15-21)17-24(30)28-23-9-5-4-8-22(23)25(31)27-20-6-2-1-3-7-20/h1-13,21H,14-17H2,(H,27,31)(H,28,30)/p+1. The Morgan fingerprint density at radius 3 is 2.26 bits per heavy atom. The molecule has 0 aromatic heterocycles. The predicted molar refractivity (Wildman–Crippen MR) is 118 cm³/mol. The van der Waals surface area contributed by atoms with Crippen LogP contribution in [0.3, 0.4) is 0 Å². The first-order valence-corrected chi connectivity index (χ1v) is 10.4. The lowest BCUT2D eigenvalue weighted by Crippen LogP contribution is -3.13. The van der Waals surface area contributed by atoms with Crippen LogP contribution in [0.2, 0.25) is 0 Å². The van der Waals surface area contributed by atoms with Gasteiger partial charge >= 0.3 is 0 Å². The van der Waals surface area contributed by atoms with E-state index in [0.29, 0.717) is 29.5 Å². The summed E-state index contributed by atoms with van der Waals surface area (Å²) in [5.41, 5.74) is 2.58. The third-order valence-corrected chi connectivity index (χ3v) is 5.36. The monoisotopic (exact) mass is 418 g/mol. The summed E-state index contributed by atoms with van der Waals surface area (Å²) in [5, 5.41) is 5.76. The number of amides is 2. The lowest BCUT2D eigenvalue weighted by Gasteiger charge is -2.19. The lowest BCUT2D eigenvalue weighted by molar-refractivity contribution is -0.916. The van der Waals surface area contributed by atoms with Crippen LogP contribution >= 0.6 is 0 Å². The molecule has 1 atom stereocenters. The Balaban J connectivity index is 1.42. The van der Waals surface area contributed by atoms with Gasteiger partial charge in [0.1, 0.15) is 12.4 Å². The zero-order chi connectivity index (χ0) is 21.6. The van der Waals surface area contributed by atoms with Gasteiger partial charge in [0, 0.05) is 24.1 Å². The average Bonchev–Trinajstić information content (AvgIpc) is 3.61. The second-order valence-corrected chi connectivity index (χ2v) is 7.83. The van der Waals surface area contributed by atoms with Crippen LogP contribution in [0.1, 0.15) is 28.8 Å². The average molecular weight is 418 g/mol. The van der Waals surface area contributed by atoms with Gasteiger partial charge in [-0.15, -0.1) is 0 Å². The van der Waals surface area contributed by atoms with Crippen LogP contribution in [0.15, 0.2) is 78.9 Å². The molecule has 3 aromatic carbocycles. The van der Waals surface area contributed by atoms with Crippen molar-refractivity contribution >= 4 is 23.2 Å². The molecule has 2 amide bonds. The molecular formula is C25H25FN3O2+. The van der Waals surface area contributed by atoms with Gasteiger partial charge in [0.05, 0.1) is 17.3 Å². The molecule has 3 aromatic rings. The summed E-state index contributed by atoms with van der Waals surface area (Å²) in [6.07, 6.45) is 2.17. The number of carbonyl (C=O) groups is 2. The van der Waals surface area contributed by atoms with Crippen LogP contribution in [-0.2, 0) is 11.3 Å². The number of rotatable bonds is 8. The van der Waals surface area contributed by atoms with Crippen molar-refractivity contribution in [2.45, 2.75) is 25.4 Å². The predicted octanol–water partition coefficient (Wildman–Crippen LogP) is 3.26. The summed E-state index contributed by atoms with van der Waals surface area (Å²) < 4.78 is 13.2. The van der Waals surface area contributed by atoms with Crippen LogP contribution in [-0.4, -0.2) is 24.4 Å². The van der Waals surface area contributed by atoms with Gasteiger partial charge in [-0.3, -0.25) is 9.59 Å². The summed E-state index contributed by atoms with van der Waals surface area (Å²) in [7, 11) is 0. The molecule has 1 unspecified atom stereocenters. The molecule has 0 aliphatic heterocycles. The third kappa shape index (κ3) is 5.77. The first-order chi connectivity index (χ1) is 15.1. The van der Waals surface area contributed by atoms with Crippen molar-refractivity contribution in [3.63, 3.8) is 0 Å². The van der Waals surface area contributed by atoms with E-state index in [9.17, 15) is 14.0 Å². The van der Waals surface area contributed by atoms with Crippen molar-refractivity contribution in [3.8, 4) is 0 Å². The number of nitrogens with one attached hydrogen (secondary N) is 3. The molecule has 0 heterocycles. The summed E-state index contributed by atoms with van der Waals surface area (Å²) in [6.45, 7) is 0.950. The number of hydrogen-bond acceptors (Lipinski definition) is 2. The lowest BCUT2D eigenvalue weighted by atomic mass is 10.1. The van der Waals surface area contributed by atoms with Crippen LogP contribution in [0.25, 0.3) is 0 Å². The van der Waals surface area contributed by atoms with Crippen LogP contribution in [0.5, 0.6) is 0 Å². The van der Waals surface area contributed by atoms with Gasteiger partial charge in [0.25, 0.3) is 11.8 Å². The Bertz CT molecular complexity index is 1050. The summed E-state index contributed by atoms with van der Waals surface area (Å²) in [5.74, 6) is -0.691. The zero-order valence-electron chi connectivity index (χ0n) is 17.1. The van der Waals surface area contributed by atoms with Crippen molar-refractivity contribution in [2.75, 3.05) is 17.2 Å². The maximum Gasteiger partial charge on any atom is 0.279 e. The number of anilines is 2. The molecule has 0 saturated heterocycles. The Hall–Kier alpha value is -3.51. The topological polar surface area (TPSA) is 62.6 Å². The van der Waals surface area contributed by atoms with Gasteiger partial charge < -0.3 is 15.5 Å². The molecule has 0 spiro atoms. The molecule has 3 N–H and O–H groups in total. The van der Waals surface area contributed by atoms with Crippen LogP contribution in [0, 0.1) is 5.82 Å². The van der Waals surface area contributed by atoms with E-state index in [1.807, 2.05) is 30.3 Å². The quantitative estimate of drug-likeness (QED) is 0.526. The third-order valence-electron chi connectivity index (χ3n) is 5.36. The number of hydrogen-bond donors (Lipinski definition) is 3. The van der Waals surface area contributed by atoms with Crippen molar-refractivity contribution in [1.29, 1.82) is 0 Å². The Morgan fingerprint density at radius 2 is 1.55 bits per heavy atom. The molecule has 0 bridgehead atoms. The molecular weight excluding hydrogens is 393 g/mol. The van der Waals surface area contributed by atoms with E-state index in [4.69, 9.17) is 0 Å². The molecule has 4 rings (SSSR count). The largest absolute Gasteiger partial charge is 0.322 e. The van der Waals surface area contributed by atoms with E-state index in [2.05, 4.69) is 10.6 Å². The molecule has 1 aliphatic rings. The SMILES string of the molecule is O=C(C[NH+](Cc1ccc(F)cc1)C1CC1)Nc1ccccc1C(=O)Nc1ccccc1. The summed E-state index contributed by atoms with van der Waals surface area (Å²) >= 11 is 0. The second kappa shape index (κ2) is 9.53. The Labute approximate surface area is 180 Å². The van der Waals surface area contributed by atoms with Gasteiger partial charge in [-0.05, 0) is 36.4 Å². The smallest absolute Gasteiger partial charge is 0.279 e. The first kappa shape index (κ1) is 20.8. The molecule has 6 heteroatoms. The summed E-state index contributed by atoms with van der Waals surface area (Å²) in [6, 6.07) is 23.0. The molecule has 0 radical (unpaired) electrons. The van der Waals surface area contributed by atoms with Gasteiger partial charge in [0.15, 0.2) is 6.54 Å². The number of para-hydroxylation sites is 2. The van der Waals surface area contributed by atoms with Crippen molar-refractivity contribution in [2.24, 2.45) is 0 Å². The van der Waals surface area contributed by atoms with E-state index in [1.165, 1.54) is 12.1 Å². The highest BCUT2D eigenvalue weighted by atomic mass is 19.1. The van der Waals surface area contributed by atoms with Gasteiger partial charge in [-0.2, -0.15) is 0 Å². The van der Waals surface area contributed by atoms with Crippen molar-refractivity contribution in [3.05, 3.63) is 95.8 Å². The minimum Gasteiger partial charge on any atom is -0.322 e. The molecule has 31 heavy (non-hydrogen) atoms. The molecule has 158 valence electrons. The fourth-order valence-corrected chi connectivity index (χ4v) is 3.62. The Morgan fingerprint density at radius 1 is 0.871 bits per heavy atom. The molecule has 5 nitrogen and oxygen atoms in total. The van der Waals surface area contributed by atoms with E-state index >= 15 is 0 Å². The van der Waals surface area contributed by atoms with E-state index < -0.39 is 0 Å². The minimum absolute atomic E-state index is 0.149. The molecule has 1 fully saturated rings. The highest BCUT2D eigenvalue weighted by Crippen LogP contribution is 2.18. The first-order valence-electron chi connectivity index (χ1n) is 10.4. The van der Waals surface area contributed by atoms with E-state index in [0.717, 1.165) is 23.3 Å². The van der Waals surface area contributed by atoms with Gasteiger partial charge in [0.2, 0.25) is 0 Å². The number of halogens is 1. The number of quaternary nitrogens is 1. The zero-order valence-corrected chi connectivity index (χ0v) is 17.1. The minimum atomic E-state index is -0.278. The molecule has 1 saturated carbocycles. The normalized spacial score (nSPS) is 14.0. The molecule has 1 aliphatic carbocycles. The van der Waals surface area contributed by atoms with Gasteiger partial charge in [-0.25, -0.2) is 4.39 Å². The van der Waals surface area contributed by atoms with Crippen LogP contribution in [0.4, 0.5) is 15.8 Å².